The first-order valence-corrected chi connectivity index (χ1v) is 26.0. The fourth-order valence-corrected chi connectivity index (χ4v) is 12.5. The molecule has 6 aliphatic rings. The van der Waals surface area contributed by atoms with Gasteiger partial charge in [0.25, 0.3) is 0 Å². The van der Waals surface area contributed by atoms with Gasteiger partial charge in [-0.25, -0.2) is 9.97 Å². The molecular formula is C55H69N11O6. The van der Waals surface area contributed by atoms with Gasteiger partial charge >= 0.3 is 0 Å². The van der Waals surface area contributed by atoms with Gasteiger partial charge in [0.15, 0.2) is 5.82 Å². The monoisotopic (exact) mass is 980 g/mol. The van der Waals surface area contributed by atoms with Crippen molar-refractivity contribution < 1.29 is 29.7 Å². The third-order valence-corrected chi connectivity index (χ3v) is 17.0. The molecule has 2 aliphatic carbocycles. The molecule has 17 nitrogen and oxygen atoms in total. The number of aromatic nitrogens is 4. The maximum atomic E-state index is 14.4. The molecule has 1 spiro atoms. The van der Waals surface area contributed by atoms with E-state index >= 15 is 0 Å². The molecule has 72 heavy (non-hydrogen) atoms. The van der Waals surface area contributed by atoms with Crippen LogP contribution in [0.4, 0.5) is 17.5 Å². The zero-order chi connectivity index (χ0) is 50.1. The molecule has 6 heterocycles. The summed E-state index contributed by atoms with van der Waals surface area (Å²) in [6.45, 7) is 8.96. The van der Waals surface area contributed by atoms with Crippen molar-refractivity contribution in [1.82, 2.24) is 40.6 Å². The van der Waals surface area contributed by atoms with Crippen molar-refractivity contribution in [2.75, 3.05) is 67.5 Å². The number of phenols is 1. The Hall–Kier alpha value is -6.35. The van der Waals surface area contributed by atoms with Gasteiger partial charge in [0.2, 0.25) is 23.7 Å². The lowest BCUT2D eigenvalue weighted by molar-refractivity contribution is -0.145. The van der Waals surface area contributed by atoms with Crippen molar-refractivity contribution in [2.45, 2.75) is 121 Å². The zero-order valence-corrected chi connectivity index (χ0v) is 41.5. The summed E-state index contributed by atoms with van der Waals surface area (Å²) in [6, 6.07) is 15.4. The van der Waals surface area contributed by atoms with E-state index in [9.17, 15) is 29.7 Å². The third-order valence-electron chi connectivity index (χ3n) is 17.0. The minimum absolute atomic E-state index is 0.0147. The Morgan fingerprint density at radius 3 is 2.38 bits per heavy atom. The number of nitrogens with zero attached hydrogens (tertiary/aromatic N) is 8. The van der Waals surface area contributed by atoms with Crippen LogP contribution in [-0.4, -0.2) is 146 Å². The Morgan fingerprint density at radius 2 is 1.67 bits per heavy atom. The zero-order valence-electron chi connectivity index (χ0n) is 41.5. The number of hydrogen-bond acceptors (Lipinski definition) is 14. The number of phenolic OH excluding ortho intramolecular Hbond substituents is 1. The van der Waals surface area contributed by atoms with Crippen LogP contribution in [0.15, 0.2) is 67.0 Å². The number of nitrogens with one attached hydrogen (secondary N) is 3. The first-order valence-electron chi connectivity index (χ1n) is 26.0. The second-order valence-corrected chi connectivity index (χ2v) is 22.0. The van der Waals surface area contributed by atoms with Gasteiger partial charge in [0.1, 0.15) is 17.8 Å². The fourth-order valence-electron chi connectivity index (χ4n) is 12.5. The Bertz CT molecular complexity index is 2640. The van der Waals surface area contributed by atoms with Crippen LogP contribution in [0.2, 0.25) is 0 Å². The largest absolute Gasteiger partial charge is 0.507 e. The second-order valence-electron chi connectivity index (χ2n) is 22.0. The summed E-state index contributed by atoms with van der Waals surface area (Å²) in [4.78, 5) is 60.5. The van der Waals surface area contributed by atoms with E-state index in [1.165, 1.54) is 10.5 Å². The average molecular weight is 980 g/mol. The molecule has 3 amide bonds. The molecule has 4 aromatic rings. The van der Waals surface area contributed by atoms with E-state index in [1.54, 1.807) is 24.3 Å². The molecule has 10 rings (SSSR count). The number of para-hydroxylation sites is 1. The van der Waals surface area contributed by atoms with E-state index in [1.807, 2.05) is 56.6 Å². The average Bonchev–Trinajstić information content (AvgIpc) is 3.80. The molecule has 0 unspecified atom stereocenters. The molecule has 380 valence electrons. The number of anilines is 3. The number of rotatable bonds is 13. The number of fused-ring (bicyclic) bond motifs is 3. The van der Waals surface area contributed by atoms with E-state index in [0.29, 0.717) is 23.2 Å². The number of terminal acetylenes is 1. The highest BCUT2D eigenvalue weighted by Gasteiger charge is 2.51. The fraction of sp³-hybridized carbons (Fsp3) is 0.545. The Morgan fingerprint density at radius 1 is 0.931 bits per heavy atom. The molecule has 2 aromatic heterocycles. The maximum absolute atomic E-state index is 14.4. The highest BCUT2D eigenvalue weighted by atomic mass is 16.3. The normalized spacial score (nSPS) is 25.9. The number of aliphatic hydroxyl groups is 2. The summed E-state index contributed by atoms with van der Waals surface area (Å²) in [5, 5.41) is 49.5. The number of amides is 3. The van der Waals surface area contributed by atoms with Gasteiger partial charge in [-0.05, 0) is 129 Å². The van der Waals surface area contributed by atoms with E-state index in [4.69, 9.17) is 16.4 Å². The van der Waals surface area contributed by atoms with Crippen LogP contribution in [0.25, 0.3) is 11.3 Å². The van der Waals surface area contributed by atoms with Crippen LogP contribution in [0.3, 0.4) is 0 Å². The van der Waals surface area contributed by atoms with E-state index < -0.39 is 29.5 Å². The number of likely N-dealkylation sites (tertiary alicyclic amines) is 2. The molecule has 4 aliphatic heterocycles. The second kappa shape index (κ2) is 20.6. The number of piperazine rings is 1. The topological polar surface area (TPSA) is 213 Å². The number of aromatic hydroxyl groups is 1. The van der Waals surface area contributed by atoms with Crippen LogP contribution in [0.1, 0.15) is 101 Å². The van der Waals surface area contributed by atoms with E-state index in [-0.39, 0.29) is 67.5 Å². The number of piperidine rings is 1. The summed E-state index contributed by atoms with van der Waals surface area (Å²) >= 11 is 0. The van der Waals surface area contributed by atoms with Crippen molar-refractivity contribution >= 4 is 35.2 Å². The summed E-state index contributed by atoms with van der Waals surface area (Å²) < 4.78 is 0. The summed E-state index contributed by atoms with van der Waals surface area (Å²) in [6.07, 6.45) is 16.9. The Kier molecular flexibility index (Phi) is 14.1. The predicted octanol–water partition coefficient (Wildman–Crippen LogP) is 4.43. The number of aliphatic hydroxyl groups excluding tert-OH is 2. The van der Waals surface area contributed by atoms with Crippen LogP contribution >= 0.6 is 0 Å². The number of hydrogen-bond donors (Lipinski definition) is 6. The molecule has 5 fully saturated rings. The van der Waals surface area contributed by atoms with Crippen molar-refractivity contribution in [3.8, 4) is 29.4 Å². The number of carbonyl (C=O) groups is 3. The lowest BCUT2D eigenvalue weighted by Gasteiger charge is -2.55. The van der Waals surface area contributed by atoms with Crippen LogP contribution in [0, 0.1) is 29.1 Å². The van der Waals surface area contributed by atoms with Crippen LogP contribution < -0.4 is 25.8 Å². The molecule has 3 saturated heterocycles. The minimum atomic E-state index is -0.982. The van der Waals surface area contributed by atoms with Crippen LogP contribution in [-0.2, 0) is 20.9 Å². The molecule has 4 atom stereocenters. The van der Waals surface area contributed by atoms with Gasteiger partial charge in [-0.1, -0.05) is 44.0 Å². The highest BCUT2D eigenvalue weighted by Crippen LogP contribution is 2.55. The van der Waals surface area contributed by atoms with Crippen molar-refractivity contribution in [3.63, 3.8) is 0 Å². The summed E-state index contributed by atoms with van der Waals surface area (Å²) in [7, 11) is 0. The Labute approximate surface area is 422 Å². The van der Waals surface area contributed by atoms with Crippen molar-refractivity contribution in [2.24, 2.45) is 16.7 Å². The van der Waals surface area contributed by atoms with Crippen molar-refractivity contribution in [3.05, 3.63) is 83.7 Å². The van der Waals surface area contributed by atoms with Crippen LogP contribution in [0.5, 0.6) is 5.75 Å². The summed E-state index contributed by atoms with van der Waals surface area (Å²) in [5.41, 5.74) is 4.52. The first kappa shape index (κ1) is 49.2. The molecule has 6 N–H and O–H groups in total. The van der Waals surface area contributed by atoms with Gasteiger partial charge in [0.05, 0.1) is 23.5 Å². The number of β-amino-alcohol motifs (C(OH)–C–C–N with tert-alkyl or cyclic N) is 1. The molecule has 2 saturated carbocycles. The predicted molar refractivity (Wildman–Crippen MR) is 274 cm³/mol. The smallest absolute Gasteiger partial charge is 0.246 e. The molecule has 0 radical (unpaired) electrons. The van der Waals surface area contributed by atoms with Gasteiger partial charge in [-0.2, -0.15) is 0 Å². The van der Waals surface area contributed by atoms with Gasteiger partial charge in [-0.15, -0.1) is 16.6 Å². The Balaban J connectivity index is 0.679. The number of benzene rings is 2. The first-order chi connectivity index (χ1) is 34.8. The molecule has 0 bridgehead atoms. The molecule has 2 aromatic carbocycles. The number of carbonyl (C=O) groups excluding carboxylic acids is 3. The van der Waals surface area contributed by atoms with E-state index in [2.05, 4.69) is 46.8 Å². The molecule has 17 heteroatoms. The lowest BCUT2D eigenvalue weighted by atomic mass is 9.56. The highest BCUT2D eigenvalue weighted by molar-refractivity contribution is 5.93. The van der Waals surface area contributed by atoms with Gasteiger partial charge in [-0.3, -0.25) is 14.4 Å². The van der Waals surface area contributed by atoms with Crippen molar-refractivity contribution in [1.29, 1.82) is 0 Å². The maximum Gasteiger partial charge on any atom is 0.246 e. The standard InChI is InChI=1S/C55H69N11O6/c1-4-35-9-11-36(12-10-35)29-57-51(71)46-25-42(68)34-66(46)52(72)48(54(2,3)19-24-67)60-50(70)38-13-17-55(18-14-38)27-40(28-55)63-20-15-37(16-21-63)39-30-58-53(59-31-39)64-22-23-65-41(33-64)32-56-49-45(65)26-44(61-62-49)43-7-5-6-8-47(43)69/h1,5-12,26,30-31,37-38,40-42,46,48,67-69H,13-25,27-29,32-34H2,2-3H3,(H,56,62)(H,57,71)(H,60,70)/t38?,40?,41-,42+,46-,48-,55?/m0/s1. The SMILES string of the molecule is C#Cc1ccc(CNC(=O)[C@@H]2C[C@@H](O)CN2C(=O)[C@H](NC(=O)C2CCC3(CC2)CC(N2CCC(c4cnc(N5CCN6c7cc(-c8ccccc8O)nnc7NC[C@H]6C5)nc4)CC2)C3)C(C)(C)CCO)cc1. The van der Waals surface area contributed by atoms with E-state index in [0.717, 1.165) is 119 Å². The minimum Gasteiger partial charge on any atom is -0.507 e. The molecular weight excluding hydrogens is 911 g/mol. The lowest BCUT2D eigenvalue weighted by Crippen LogP contribution is -2.59. The quantitative estimate of drug-likeness (QED) is 0.102. The van der Waals surface area contributed by atoms with Gasteiger partial charge < -0.3 is 50.9 Å². The third kappa shape index (κ3) is 10.2. The van der Waals surface area contributed by atoms with Gasteiger partial charge in [0, 0.05) is 87.8 Å². The summed E-state index contributed by atoms with van der Waals surface area (Å²) in [5.74, 6) is 3.53.